The molecular weight excluding hydrogens is 457 g/mol. The van der Waals surface area contributed by atoms with Crippen molar-refractivity contribution in [2.24, 2.45) is 5.73 Å². The Kier molecular flexibility index (Phi) is 7.20. The molecule has 4 rings (SSSR count). The zero-order valence-electron chi connectivity index (χ0n) is 18.5. The van der Waals surface area contributed by atoms with Crippen LogP contribution in [0.3, 0.4) is 0 Å². The Hall–Kier alpha value is -3.75. The molecule has 1 aromatic heterocycles. The van der Waals surface area contributed by atoms with Gasteiger partial charge in [-0.1, -0.05) is 23.7 Å². The summed E-state index contributed by atoms with van der Waals surface area (Å²) >= 11 is 6.42. The van der Waals surface area contributed by atoms with Crippen LogP contribution in [0.5, 0.6) is 5.75 Å². The Labute approximate surface area is 201 Å². The van der Waals surface area contributed by atoms with Crippen LogP contribution in [0.2, 0.25) is 5.02 Å². The summed E-state index contributed by atoms with van der Waals surface area (Å²) in [5, 5.41) is 4.39. The summed E-state index contributed by atoms with van der Waals surface area (Å²) in [7, 11) is 1.71. The highest BCUT2D eigenvalue weighted by molar-refractivity contribution is 6.32. The van der Waals surface area contributed by atoms with Crippen molar-refractivity contribution in [2.45, 2.75) is 13.0 Å². The molecule has 3 N–H and O–H groups in total. The average molecular weight is 480 g/mol. The van der Waals surface area contributed by atoms with Crippen LogP contribution >= 0.6 is 11.6 Å². The molecule has 7 nitrogen and oxygen atoms in total. The van der Waals surface area contributed by atoms with E-state index in [4.69, 9.17) is 22.1 Å². The van der Waals surface area contributed by atoms with E-state index in [2.05, 4.69) is 15.3 Å². The topological polar surface area (TPSA) is 93.4 Å². The molecule has 0 atom stereocenters. The van der Waals surface area contributed by atoms with E-state index in [1.165, 1.54) is 18.5 Å². The number of fused-ring (bicyclic) bond motifs is 1. The molecule has 0 spiro atoms. The molecule has 174 valence electrons. The van der Waals surface area contributed by atoms with Crippen LogP contribution in [-0.2, 0) is 11.4 Å². The number of amides is 1. The minimum absolute atomic E-state index is 0.0752. The van der Waals surface area contributed by atoms with Crippen LogP contribution in [-0.4, -0.2) is 29.5 Å². The number of nitrogens with two attached hydrogens (primary N) is 1. The predicted molar refractivity (Wildman–Crippen MR) is 132 cm³/mol. The van der Waals surface area contributed by atoms with Crippen LogP contribution in [0, 0.1) is 5.82 Å². The van der Waals surface area contributed by atoms with Gasteiger partial charge in [-0.3, -0.25) is 4.79 Å². The molecule has 0 fully saturated rings. The van der Waals surface area contributed by atoms with E-state index < -0.39 is 0 Å². The lowest BCUT2D eigenvalue weighted by atomic mass is 10.2. The highest BCUT2D eigenvalue weighted by Gasteiger charge is 2.13. The maximum Gasteiger partial charge on any atom is 0.227 e. The molecule has 1 amide bonds. The van der Waals surface area contributed by atoms with Gasteiger partial charge in [0.05, 0.1) is 10.5 Å². The Morgan fingerprint density at radius 3 is 2.76 bits per heavy atom. The van der Waals surface area contributed by atoms with Gasteiger partial charge in [0.2, 0.25) is 5.91 Å². The van der Waals surface area contributed by atoms with Gasteiger partial charge in [0.15, 0.2) is 0 Å². The van der Waals surface area contributed by atoms with Gasteiger partial charge in [-0.25, -0.2) is 14.4 Å². The van der Waals surface area contributed by atoms with Gasteiger partial charge in [0, 0.05) is 36.8 Å². The van der Waals surface area contributed by atoms with Gasteiger partial charge in [0.1, 0.15) is 30.3 Å². The number of anilines is 3. The summed E-state index contributed by atoms with van der Waals surface area (Å²) in [6.45, 7) is 0.481. The van der Waals surface area contributed by atoms with E-state index in [-0.39, 0.29) is 31.3 Å². The van der Waals surface area contributed by atoms with E-state index in [0.29, 0.717) is 33.5 Å². The van der Waals surface area contributed by atoms with Gasteiger partial charge in [-0.2, -0.15) is 0 Å². The molecule has 0 aliphatic rings. The van der Waals surface area contributed by atoms with Gasteiger partial charge >= 0.3 is 0 Å². The summed E-state index contributed by atoms with van der Waals surface area (Å²) in [4.78, 5) is 22.5. The maximum atomic E-state index is 13.4. The van der Waals surface area contributed by atoms with Crippen molar-refractivity contribution in [1.29, 1.82) is 0 Å². The molecule has 3 aromatic carbocycles. The minimum atomic E-state index is -0.318. The fourth-order valence-corrected chi connectivity index (χ4v) is 3.64. The van der Waals surface area contributed by atoms with Gasteiger partial charge in [-0.05, 0) is 54.1 Å². The standard InChI is InChI=1S/C25H23ClFN5O2/c1-32(24(33)9-10-28)19-6-7-22-20(13-19)25(30-15-29-22)31-18-5-8-23(21(26)12-18)34-14-16-3-2-4-17(27)11-16/h2-8,11-13,15H,9-10,14,28H2,1H3,(H,29,30,31). The average Bonchev–Trinajstić information content (AvgIpc) is 2.83. The molecule has 0 radical (unpaired) electrons. The first-order chi connectivity index (χ1) is 16.4. The third-order valence-corrected chi connectivity index (χ3v) is 5.51. The smallest absolute Gasteiger partial charge is 0.227 e. The Bertz CT molecular complexity index is 1330. The molecule has 0 unspecified atom stereocenters. The number of hydrogen-bond donors (Lipinski definition) is 2. The highest BCUT2D eigenvalue weighted by atomic mass is 35.5. The van der Waals surface area contributed by atoms with Gasteiger partial charge in [0.25, 0.3) is 0 Å². The van der Waals surface area contributed by atoms with Crippen molar-refractivity contribution in [1.82, 2.24) is 9.97 Å². The Morgan fingerprint density at radius 1 is 1.15 bits per heavy atom. The number of hydrogen-bond acceptors (Lipinski definition) is 6. The number of halogens is 2. The van der Waals surface area contributed by atoms with E-state index in [9.17, 15) is 9.18 Å². The van der Waals surface area contributed by atoms with Crippen LogP contribution in [0.1, 0.15) is 12.0 Å². The number of nitrogens with zero attached hydrogens (tertiary/aromatic N) is 3. The van der Waals surface area contributed by atoms with Crippen LogP contribution in [0.25, 0.3) is 10.9 Å². The molecule has 34 heavy (non-hydrogen) atoms. The highest BCUT2D eigenvalue weighted by Crippen LogP contribution is 2.32. The van der Waals surface area contributed by atoms with Crippen molar-refractivity contribution in [3.8, 4) is 5.75 Å². The van der Waals surface area contributed by atoms with Crippen molar-refractivity contribution < 1.29 is 13.9 Å². The van der Waals surface area contributed by atoms with Crippen LogP contribution in [0.15, 0.2) is 67.0 Å². The molecule has 9 heteroatoms. The third kappa shape index (κ3) is 5.41. The van der Waals surface area contributed by atoms with Crippen molar-refractivity contribution in [3.05, 3.63) is 83.4 Å². The van der Waals surface area contributed by atoms with Crippen LogP contribution in [0.4, 0.5) is 21.6 Å². The maximum absolute atomic E-state index is 13.4. The fraction of sp³-hybridized carbons (Fsp3) is 0.160. The summed E-state index contributed by atoms with van der Waals surface area (Å²) in [5.41, 5.74) is 8.35. The lowest BCUT2D eigenvalue weighted by Gasteiger charge is -2.18. The first-order valence-corrected chi connectivity index (χ1v) is 11.0. The Morgan fingerprint density at radius 2 is 2.00 bits per heavy atom. The monoisotopic (exact) mass is 479 g/mol. The van der Waals surface area contributed by atoms with E-state index in [1.807, 2.05) is 24.3 Å². The second kappa shape index (κ2) is 10.5. The fourth-order valence-electron chi connectivity index (χ4n) is 3.41. The predicted octanol–water partition coefficient (Wildman–Crippen LogP) is 5.06. The Balaban J connectivity index is 1.54. The molecular formula is C25H23ClFN5O2. The van der Waals surface area contributed by atoms with Gasteiger partial charge in [-0.15, -0.1) is 0 Å². The zero-order valence-corrected chi connectivity index (χ0v) is 19.2. The van der Waals surface area contributed by atoms with E-state index in [0.717, 1.165) is 10.9 Å². The third-order valence-electron chi connectivity index (χ3n) is 5.22. The second-order valence-electron chi connectivity index (χ2n) is 7.60. The first kappa shape index (κ1) is 23.4. The summed E-state index contributed by atoms with van der Waals surface area (Å²) in [6.07, 6.45) is 1.72. The lowest BCUT2D eigenvalue weighted by molar-refractivity contribution is -0.118. The van der Waals surface area contributed by atoms with Crippen molar-refractivity contribution >= 4 is 45.6 Å². The molecule has 0 bridgehead atoms. The van der Waals surface area contributed by atoms with E-state index in [1.54, 1.807) is 36.2 Å². The molecule has 0 aliphatic carbocycles. The molecule has 0 saturated heterocycles. The van der Waals surface area contributed by atoms with Gasteiger partial charge < -0.3 is 20.7 Å². The molecule has 1 heterocycles. The number of benzene rings is 3. The van der Waals surface area contributed by atoms with Crippen molar-refractivity contribution in [3.63, 3.8) is 0 Å². The largest absolute Gasteiger partial charge is 0.487 e. The first-order valence-electron chi connectivity index (χ1n) is 10.6. The zero-order chi connectivity index (χ0) is 24.1. The number of rotatable bonds is 8. The number of carbonyl (C=O) groups is 1. The summed E-state index contributed by atoms with van der Waals surface area (Å²) in [5.74, 6) is 0.651. The number of carbonyl (C=O) groups excluding carboxylic acids is 1. The minimum Gasteiger partial charge on any atom is -0.487 e. The number of aromatic nitrogens is 2. The summed E-state index contributed by atoms with van der Waals surface area (Å²) in [6, 6.07) is 17.0. The van der Waals surface area contributed by atoms with E-state index >= 15 is 0 Å². The normalized spacial score (nSPS) is 10.8. The molecule has 4 aromatic rings. The van der Waals surface area contributed by atoms with Crippen molar-refractivity contribution in [2.75, 3.05) is 23.8 Å². The number of nitrogens with one attached hydrogen (secondary N) is 1. The quantitative estimate of drug-likeness (QED) is 0.367. The SMILES string of the molecule is CN(C(=O)CCN)c1ccc2ncnc(Nc3ccc(OCc4cccc(F)c4)c(Cl)c3)c2c1. The second-order valence-corrected chi connectivity index (χ2v) is 8.01. The van der Waals surface area contributed by atoms with Crippen LogP contribution < -0.4 is 20.7 Å². The number of ether oxygens (including phenoxy) is 1. The lowest BCUT2D eigenvalue weighted by Crippen LogP contribution is -2.28. The summed E-state index contributed by atoms with van der Waals surface area (Å²) < 4.78 is 19.1. The molecule has 0 aliphatic heterocycles. The molecule has 0 saturated carbocycles.